The van der Waals surface area contributed by atoms with E-state index in [0.29, 0.717) is 13.1 Å². The van der Waals surface area contributed by atoms with Gasteiger partial charge in [0.05, 0.1) is 0 Å². The predicted octanol–water partition coefficient (Wildman–Crippen LogP) is 11.0. The van der Waals surface area contributed by atoms with Gasteiger partial charge < -0.3 is 34.1 Å². The van der Waals surface area contributed by atoms with E-state index in [0.717, 1.165) is 180 Å². The summed E-state index contributed by atoms with van der Waals surface area (Å²) in [6.07, 6.45) is 22.4. The fourth-order valence-corrected chi connectivity index (χ4v) is 6.85. The van der Waals surface area contributed by atoms with Crippen molar-refractivity contribution in [3.05, 3.63) is 0 Å². The lowest BCUT2D eigenvalue weighted by atomic mass is 10.0. The summed E-state index contributed by atoms with van der Waals surface area (Å²) in [5.41, 5.74) is 0. The summed E-state index contributed by atoms with van der Waals surface area (Å²) in [5.74, 6) is -1.47. The van der Waals surface area contributed by atoms with Gasteiger partial charge in [-0.15, -0.1) is 0 Å². The SMILES string of the molecule is CCCCCCC(CCCCCCCCC(=O)O)OC(=O)OCCN(CCOC(=O)OC(CCCCCC)CCCCCCCCC(=O)O)CCN(CC)CC. The molecule has 0 heterocycles. The molecule has 12 heteroatoms. The number of hydrogen-bond donors (Lipinski definition) is 2. The van der Waals surface area contributed by atoms with Crippen LogP contribution in [0.15, 0.2) is 0 Å². The Labute approximate surface area is 341 Å². The van der Waals surface area contributed by atoms with Crippen LogP contribution in [0.25, 0.3) is 0 Å². The second-order valence-corrected chi connectivity index (χ2v) is 15.4. The Bertz CT molecular complexity index is 883. The molecule has 0 bridgehead atoms. The second-order valence-electron chi connectivity index (χ2n) is 15.4. The minimum Gasteiger partial charge on any atom is -0.481 e. The van der Waals surface area contributed by atoms with Gasteiger partial charge in [-0.25, -0.2) is 9.59 Å². The summed E-state index contributed by atoms with van der Waals surface area (Å²) in [7, 11) is 0. The Morgan fingerprint density at radius 2 is 0.750 bits per heavy atom. The largest absolute Gasteiger partial charge is 0.508 e. The molecule has 56 heavy (non-hydrogen) atoms. The molecule has 0 aliphatic carbocycles. The summed E-state index contributed by atoms with van der Waals surface area (Å²) in [4.78, 5) is 51.5. The number of likely N-dealkylation sites (N-methyl/N-ethyl adjacent to an activating group) is 1. The molecule has 0 aromatic rings. The van der Waals surface area contributed by atoms with Crippen molar-refractivity contribution in [1.82, 2.24) is 9.80 Å². The molecule has 0 amide bonds. The standard InChI is InChI=1S/C44H84N2O10/c1-5-9-11-21-27-39(29-23-17-13-15-19-25-31-41(47)48)55-43(51)53-37-35-46(34-33-45(7-3)8-4)36-38-54-44(52)56-40(28-22-12-10-6-2)30-24-18-14-16-20-26-32-42(49)50/h39-40H,5-38H2,1-4H3,(H,47,48)(H,49,50). The smallest absolute Gasteiger partial charge is 0.481 e. The molecular formula is C44H84N2O10. The molecule has 12 nitrogen and oxygen atoms in total. The highest BCUT2D eigenvalue weighted by molar-refractivity contribution is 5.66. The Balaban J connectivity index is 4.92. The molecule has 0 radical (unpaired) electrons. The van der Waals surface area contributed by atoms with Gasteiger partial charge in [-0.2, -0.15) is 0 Å². The number of ether oxygens (including phenoxy) is 4. The molecule has 0 aromatic heterocycles. The van der Waals surface area contributed by atoms with Crippen molar-refractivity contribution in [3.63, 3.8) is 0 Å². The van der Waals surface area contributed by atoms with Crippen LogP contribution >= 0.6 is 0 Å². The van der Waals surface area contributed by atoms with Crippen LogP contribution in [0.2, 0.25) is 0 Å². The number of aliphatic carboxylic acids is 2. The average molecular weight is 801 g/mol. The summed E-state index contributed by atoms with van der Waals surface area (Å²) >= 11 is 0. The third-order valence-corrected chi connectivity index (χ3v) is 10.5. The molecule has 0 aliphatic heterocycles. The quantitative estimate of drug-likeness (QED) is 0.0447. The number of carbonyl (C=O) groups excluding carboxylic acids is 2. The molecule has 2 unspecified atom stereocenters. The van der Waals surface area contributed by atoms with E-state index in [1.807, 2.05) is 0 Å². The third kappa shape index (κ3) is 35.8. The first kappa shape index (κ1) is 53.4. The van der Waals surface area contributed by atoms with E-state index in [9.17, 15) is 19.2 Å². The predicted molar refractivity (Wildman–Crippen MR) is 223 cm³/mol. The van der Waals surface area contributed by atoms with E-state index in [4.69, 9.17) is 29.2 Å². The number of nitrogens with zero attached hydrogens (tertiary/aromatic N) is 2. The Hall–Kier alpha value is -2.60. The van der Waals surface area contributed by atoms with Crippen molar-refractivity contribution in [2.75, 3.05) is 52.5 Å². The molecule has 0 aliphatic rings. The monoisotopic (exact) mass is 801 g/mol. The van der Waals surface area contributed by atoms with Crippen LogP contribution in [0, 0.1) is 0 Å². The van der Waals surface area contributed by atoms with Gasteiger partial charge in [0.15, 0.2) is 0 Å². The lowest BCUT2D eigenvalue weighted by molar-refractivity contribution is -0.138. The van der Waals surface area contributed by atoms with Crippen molar-refractivity contribution >= 4 is 24.2 Å². The van der Waals surface area contributed by atoms with Gasteiger partial charge in [0, 0.05) is 39.0 Å². The first-order valence-corrected chi connectivity index (χ1v) is 22.7. The number of carbonyl (C=O) groups is 4. The first-order chi connectivity index (χ1) is 27.1. The van der Waals surface area contributed by atoms with Crippen LogP contribution in [0.1, 0.15) is 195 Å². The van der Waals surface area contributed by atoms with Gasteiger partial charge in [-0.05, 0) is 77.3 Å². The van der Waals surface area contributed by atoms with Crippen LogP contribution in [0.4, 0.5) is 9.59 Å². The molecular weight excluding hydrogens is 716 g/mol. The lowest BCUT2D eigenvalue weighted by Crippen LogP contribution is -2.39. The fraction of sp³-hybridized carbons (Fsp3) is 0.909. The van der Waals surface area contributed by atoms with E-state index < -0.39 is 24.2 Å². The maximum atomic E-state index is 12.8. The van der Waals surface area contributed by atoms with Crippen LogP contribution in [-0.2, 0) is 28.5 Å². The molecule has 0 saturated carbocycles. The van der Waals surface area contributed by atoms with Gasteiger partial charge in [-0.1, -0.05) is 118 Å². The Morgan fingerprint density at radius 3 is 1.09 bits per heavy atom. The average Bonchev–Trinajstić information content (AvgIpc) is 3.16. The third-order valence-electron chi connectivity index (χ3n) is 10.5. The highest BCUT2D eigenvalue weighted by Crippen LogP contribution is 2.19. The molecule has 330 valence electrons. The van der Waals surface area contributed by atoms with Crippen LogP contribution in [-0.4, -0.2) is 109 Å². The van der Waals surface area contributed by atoms with Crippen molar-refractivity contribution in [2.24, 2.45) is 0 Å². The number of carboxylic acid groups (broad SMARTS) is 2. The molecule has 2 atom stereocenters. The maximum absolute atomic E-state index is 12.8. The van der Waals surface area contributed by atoms with Gasteiger partial charge in [-0.3, -0.25) is 14.5 Å². The number of hydrogen-bond acceptors (Lipinski definition) is 10. The van der Waals surface area contributed by atoms with Crippen molar-refractivity contribution in [3.8, 4) is 0 Å². The van der Waals surface area contributed by atoms with E-state index in [-0.39, 0.29) is 38.3 Å². The lowest BCUT2D eigenvalue weighted by Gasteiger charge is -2.26. The van der Waals surface area contributed by atoms with E-state index >= 15 is 0 Å². The summed E-state index contributed by atoms with van der Waals surface area (Å²) in [6, 6.07) is 0. The van der Waals surface area contributed by atoms with Crippen LogP contribution in [0.5, 0.6) is 0 Å². The normalized spacial score (nSPS) is 12.5. The van der Waals surface area contributed by atoms with Gasteiger partial charge >= 0.3 is 24.2 Å². The highest BCUT2D eigenvalue weighted by atomic mass is 16.7. The topological polar surface area (TPSA) is 152 Å². The minimum atomic E-state index is -0.737. The molecule has 0 fully saturated rings. The Morgan fingerprint density at radius 1 is 0.429 bits per heavy atom. The summed E-state index contributed by atoms with van der Waals surface area (Å²) in [6.45, 7) is 13.4. The number of unbranched alkanes of at least 4 members (excludes halogenated alkanes) is 16. The fourth-order valence-electron chi connectivity index (χ4n) is 6.85. The molecule has 0 aromatic carbocycles. The second kappa shape index (κ2) is 39.2. The van der Waals surface area contributed by atoms with Gasteiger partial charge in [0.25, 0.3) is 0 Å². The number of carboxylic acids is 2. The van der Waals surface area contributed by atoms with Gasteiger partial charge in [0.2, 0.25) is 0 Å². The molecule has 0 spiro atoms. The zero-order valence-electron chi connectivity index (χ0n) is 36.3. The molecule has 2 N–H and O–H groups in total. The van der Waals surface area contributed by atoms with Crippen molar-refractivity contribution in [2.45, 2.75) is 207 Å². The van der Waals surface area contributed by atoms with Crippen LogP contribution in [0.3, 0.4) is 0 Å². The van der Waals surface area contributed by atoms with Crippen LogP contribution < -0.4 is 0 Å². The van der Waals surface area contributed by atoms with Gasteiger partial charge in [0.1, 0.15) is 25.4 Å². The van der Waals surface area contributed by atoms with E-state index in [1.165, 1.54) is 0 Å². The highest BCUT2D eigenvalue weighted by Gasteiger charge is 2.18. The summed E-state index contributed by atoms with van der Waals surface area (Å²) < 4.78 is 22.8. The van der Waals surface area contributed by atoms with E-state index in [1.54, 1.807) is 0 Å². The van der Waals surface area contributed by atoms with E-state index in [2.05, 4.69) is 37.5 Å². The zero-order chi connectivity index (χ0) is 41.5. The molecule has 0 saturated heterocycles. The molecule has 0 rings (SSSR count). The number of rotatable bonds is 41. The Kier molecular flexibility index (Phi) is 37.4. The minimum absolute atomic E-state index is 0.171. The van der Waals surface area contributed by atoms with Crippen molar-refractivity contribution in [1.29, 1.82) is 0 Å². The van der Waals surface area contributed by atoms with Crippen molar-refractivity contribution < 1.29 is 48.3 Å². The first-order valence-electron chi connectivity index (χ1n) is 22.7. The maximum Gasteiger partial charge on any atom is 0.508 e. The summed E-state index contributed by atoms with van der Waals surface area (Å²) in [5, 5.41) is 17.6. The zero-order valence-corrected chi connectivity index (χ0v) is 36.3.